The van der Waals surface area contributed by atoms with Crippen LogP contribution in [0.3, 0.4) is 0 Å². The molecule has 1 fully saturated rings. The average molecular weight is 232 g/mol. The van der Waals surface area contributed by atoms with Crippen molar-refractivity contribution >= 4 is 5.91 Å². The molecular formula is C14H20N2O. The first-order chi connectivity index (χ1) is 8.13. The van der Waals surface area contributed by atoms with Gasteiger partial charge >= 0.3 is 0 Å². The number of benzene rings is 1. The molecule has 1 aliphatic rings. The van der Waals surface area contributed by atoms with E-state index >= 15 is 0 Å². The van der Waals surface area contributed by atoms with Crippen molar-refractivity contribution in [3.8, 4) is 0 Å². The Morgan fingerprint density at radius 1 is 1.41 bits per heavy atom. The van der Waals surface area contributed by atoms with E-state index in [1.54, 1.807) is 0 Å². The molecule has 2 rings (SSSR count). The minimum Gasteiger partial charge on any atom is -0.322 e. The van der Waals surface area contributed by atoms with E-state index in [1.807, 2.05) is 17.9 Å². The van der Waals surface area contributed by atoms with Crippen LogP contribution < -0.4 is 5.32 Å². The lowest BCUT2D eigenvalue weighted by molar-refractivity contribution is -0.129. The van der Waals surface area contributed by atoms with Crippen molar-refractivity contribution in [1.29, 1.82) is 0 Å². The Hall–Kier alpha value is -1.35. The van der Waals surface area contributed by atoms with Gasteiger partial charge in [-0.15, -0.1) is 0 Å². The number of hydrogen-bond donors (Lipinski definition) is 1. The van der Waals surface area contributed by atoms with Gasteiger partial charge in [-0.3, -0.25) is 10.1 Å². The molecule has 1 heterocycles. The van der Waals surface area contributed by atoms with E-state index in [2.05, 4.69) is 37.4 Å². The summed E-state index contributed by atoms with van der Waals surface area (Å²) >= 11 is 0. The maximum absolute atomic E-state index is 12.0. The van der Waals surface area contributed by atoms with Crippen LogP contribution in [0.15, 0.2) is 24.3 Å². The van der Waals surface area contributed by atoms with Gasteiger partial charge in [-0.05, 0) is 25.8 Å². The van der Waals surface area contributed by atoms with Gasteiger partial charge in [0.05, 0.1) is 6.04 Å². The average Bonchev–Trinajstić information content (AvgIpc) is 2.58. The zero-order chi connectivity index (χ0) is 12.4. The third-order valence-corrected chi connectivity index (χ3v) is 3.20. The lowest BCUT2D eigenvalue weighted by Crippen LogP contribution is -2.31. The predicted octanol–water partition coefficient (Wildman–Crippen LogP) is 2.22. The zero-order valence-electron chi connectivity index (χ0n) is 10.7. The van der Waals surface area contributed by atoms with Gasteiger partial charge in [-0.1, -0.05) is 36.8 Å². The first-order valence-electron chi connectivity index (χ1n) is 6.26. The van der Waals surface area contributed by atoms with Crippen LogP contribution in [0, 0.1) is 6.92 Å². The van der Waals surface area contributed by atoms with Crippen molar-refractivity contribution in [2.45, 2.75) is 39.4 Å². The molecule has 2 unspecified atom stereocenters. The summed E-state index contributed by atoms with van der Waals surface area (Å²) in [4.78, 5) is 14.0. The summed E-state index contributed by atoms with van der Waals surface area (Å²) in [6.07, 6.45) is 1.03. The number of nitrogens with one attached hydrogen (secondary N) is 1. The van der Waals surface area contributed by atoms with Gasteiger partial charge in [0.25, 0.3) is 0 Å². The van der Waals surface area contributed by atoms with E-state index in [9.17, 15) is 4.79 Å². The van der Waals surface area contributed by atoms with Gasteiger partial charge in [0.15, 0.2) is 0 Å². The molecule has 0 aromatic heterocycles. The first-order valence-corrected chi connectivity index (χ1v) is 6.26. The maximum atomic E-state index is 12.0. The third kappa shape index (κ3) is 2.34. The Morgan fingerprint density at radius 2 is 2.18 bits per heavy atom. The summed E-state index contributed by atoms with van der Waals surface area (Å²) in [7, 11) is 0. The smallest absolute Gasteiger partial charge is 0.241 e. The Balaban J connectivity index is 2.27. The molecule has 0 spiro atoms. The molecule has 0 saturated carbocycles. The lowest BCUT2D eigenvalue weighted by atomic mass is 10.1. The highest BCUT2D eigenvalue weighted by atomic mass is 16.2. The number of carbonyl (C=O) groups excluding carboxylic acids is 1. The van der Waals surface area contributed by atoms with Crippen LogP contribution in [-0.2, 0) is 4.79 Å². The second-order valence-electron chi connectivity index (χ2n) is 4.74. The van der Waals surface area contributed by atoms with Crippen LogP contribution in [0.5, 0.6) is 0 Å². The van der Waals surface area contributed by atoms with Gasteiger partial charge in [-0.2, -0.15) is 0 Å². The van der Waals surface area contributed by atoms with Crippen molar-refractivity contribution in [2.75, 3.05) is 6.54 Å². The fraction of sp³-hybridized carbons (Fsp3) is 0.500. The van der Waals surface area contributed by atoms with Gasteiger partial charge in [0, 0.05) is 6.54 Å². The second-order valence-corrected chi connectivity index (χ2v) is 4.74. The molecule has 0 radical (unpaired) electrons. The van der Waals surface area contributed by atoms with Crippen molar-refractivity contribution in [3.63, 3.8) is 0 Å². The van der Waals surface area contributed by atoms with Crippen molar-refractivity contribution in [2.24, 2.45) is 0 Å². The van der Waals surface area contributed by atoms with E-state index in [0.29, 0.717) is 0 Å². The van der Waals surface area contributed by atoms with E-state index in [1.165, 1.54) is 11.1 Å². The number of carbonyl (C=O) groups is 1. The molecule has 0 aliphatic carbocycles. The van der Waals surface area contributed by atoms with Crippen molar-refractivity contribution in [1.82, 2.24) is 10.2 Å². The molecule has 1 aliphatic heterocycles. The minimum absolute atomic E-state index is 0.0392. The number of rotatable bonds is 3. The van der Waals surface area contributed by atoms with E-state index in [0.717, 1.165) is 13.0 Å². The van der Waals surface area contributed by atoms with Crippen LogP contribution in [0.2, 0.25) is 0 Å². The highest BCUT2D eigenvalue weighted by Crippen LogP contribution is 2.25. The SMILES string of the molecule is CCCN1C(=O)C(C)NC1c1cccc(C)c1. The Morgan fingerprint density at radius 3 is 2.82 bits per heavy atom. The van der Waals surface area contributed by atoms with E-state index in [-0.39, 0.29) is 18.1 Å². The number of hydrogen-bond acceptors (Lipinski definition) is 2. The molecule has 1 N–H and O–H groups in total. The highest BCUT2D eigenvalue weighted by Gasteiger charge is 2.36. The zero-order valence-corrected chi connectivity index (χ0v) is 10.7. The van der Waals surface area contributed by atoms with Crippen LogP contribution in [0.1, 0.15) is 37.6 Å². The number of nitrogens with zero attached hydrogens (tertiary/aromatic N) is 1. The first kappa shape index (κ1) is 12.1. The molecule has 3 nitrogen and oxygen atoms in total. The molecule has 0 bridgehead atoms. The molecular weight excluding hydrogens is 212 g/mol. The second kappa shape index (κ2) is 4.88. The minimum atomic E-state index is -0.0768. The lowest BCUT2D eigenvalue weighted by Gasteiger charge is -2.24. The van der Waals surface area contributed by atoms with Gasteiger partial charge in [0.2, 0.25) is 5.91 Å². The van der Waals surface area contributed by atoms with E-state index < -0.39 is 0 Å². The van der Waals surface area contributed by atoms with Gasteiger partial charge in [0.1, 0.15) is 6.17 Å². The van der Waals surface area contributed by atoms with E-state index in [4.69, 9.17) is 0 Å². The monoisotopic (exact) mass is 232 g/mol. The Bertz CT molecular complexity index is 416. The molecule has 1 amide bonds. The molecule has 1 saturated heterocycles. The third-order valence-electron chi connectivity index (χ3n) is 3.20. The Labute approximate surface area is 103 Å². The normalized spacial score (nSPS) is 24.4. The molecule has 2 atom stereocenters. The van der Waals surface area contributed by atoms with Crippen molar-refractivity contribution < 1.29 is 4.79 Å². The summed E-state index contributed by atoms with van der Waals surface area (Å²) < 4.78 is 0. The summed E-state index contributed by atoms with van der Waals surface area (Å²) in [6, 6.07) is 8.27. The van der Waals surface area contributed by atoms with Crippen LogP contribution in [0.25, 0.3) is 0 Å². The van der Waals surface area contributed by atoms with Gasteiger partial charge in [-0.25, -0.2) is 0 Å². The maximum Gasteiger partial charge on any atom is 0.241 e. The topological polar surface area (TPSA) is 32.3 Å². The number of amides is 1. The molecule has 1 aromatic rings. The highest BCUT2D eigenvalue weighted by molar-refractivity contribution is 5.84. The fourth-order valence-electron chi connectivity index (χ4n) is 2.37. The standard InChI is InChI=1S/C14H20N2O/c1-4-8-16-13(15-11(3)14(16)17)12-7-5-6-10(2)9-12/h5-7,9,11,13,15H,4,8H2,1-3H3. The van der Waals surface area contributed by atoms with Crippen molar-refractivity contribution in [3.05, 3.63) is 35.4 Å². The predicted molar refractivity (Wildman–Crippen MR) is 68.5 cm³/mol. The quantitative estimate of drug-likeness (QED) is 0.866. The molecule has 92 valence electrons. The summed E-state index contributed by atoms with van der Waals surface area (Å²) in [6.45, 7) is 6.92. The van der Waals surface area contributed by atoms with Crippen LogP contribution in [0.4, 0.5) is 0 Å². The summed E-state index contributed by atoms with van der Waals surface area (Å²) in [5.74, 6) is 0.207. The largest absolute Gasteiger partial charge is 0.322 e. The van der Waals surface area contributed by atoms with Crippen LogP contribution >= 0.6 is 0 Å². The van der Waals surface area contributed by atoms with Gasteiger partial charge < -0.3 is 4.90 Å². The number of aryl methyl sites for hydroxylation is 1. The molecule has 1 aromatic carbocycles. The summed E-state index contributed by atoms with van der Waals surface area (Å²) in [5, 5.41) is 3.36. The Kier molecular flexibility index (Phi) is 3.48. The molecule has 3 heteroatoms. The fourth-order valence-corrected chi connectivity index (χ4v) is 2.37. The summed E-state index contributed by atoms with van der Waals surface area (Å²) in [5.41, 5.74) is 2.41. The molecule has 17 heavy (non-hydrogen) atoms. The van der Waals surface area contributed by atoms with Crippen LogP contribution in [-0.4, -0.2) is 23.4 Å².